The number of H-pyrrole nitrogens is 1. The second-order valence-electron chi connectivity index (χ2n) is 4.43. The predicted octanol–water partition coefficient (Wildman–Crippen LogP) is 1.48. The molecule has 0 atom stereocenters. The molecule has 3 N–H and O–H groups in total. The molecule has 1 aliphatic carbocycles. The molecule has 0 unspecified atom stereocenters. The van der Waals surface area contributed by atoms with Crippen molar-refractivity contribution in [2.75, 3.05) is 6.54 Å². The highest BCUT2D eigenvalue weighted by Gasteiger charge is 2.39. The average molecular weight is 224 g/mol. The molecule has 0 bridgehead atoms. The SMILES string of the molecule is NCC1(c2[nH]ncc2[N+](=O)[O-])CCCCC1. The van der Waals surface area contributed by atoms with Crippen molar-refractivity contribution >= 4 is 5.69 Å². The third-order valence-corrected chi connectivity index (χ3v) is 3.55. The summed E-state index contributed by atoms with van der Waals surface area (Å²) in [5.41, 5.74) is 6.25. The highest BCUT2D eigenvalue weighted by atomic mass is 16.6. The highest BCUT2D eigenvalue weighted by molar-refractivity contribution is 5.38. The Kier molecular flexibility index (Phi) is 2.91. The molecule has 0 spiro atoms. The molecule has 6 heteroatoms. The van der Waals surface area contributed by atoms with Crippen LogP contribution in [0.25, 0.3) is 0 Å². The fraction of sp³-hybridized carbons (Fsp3) is 0.700. The maximum atomic E-state index is 10.9. The molecule has 1 fully saturated rings. The summed E-state index contributed by atoms with van der Waals surface area (Å²) in [4.78, 5) is 10.5. The standard InChI is InChI=1S/C10H16N4O2/c11-7-10(4-2-1-3-5-10)9-8(14(15)16)6-12-13-9/h6H,1-5,7,11H2,(H,12,13). The lowest BCUT2D eigenvalue weighted by Crippen LogP contribution is -2.38. The van der Waals surface area contributed by atoms with Crippen LogP contribution in [0.4, 0.5) is 5.69 Å². The zero-order valence-corrected chi connectivity index (χ0v) is 9.11. The van der Waals surface area contributed by atoms with Crippen LogP contribution in [0, 0.1) is 10.1 Å². The zero-order valence-electron chi connectivity index (χ0n) is 9.11. The van der Waals surface area contributed by atoms with E-state index in [2.05, 4.69) is 10.2 Å². The van der Waals surface area contributed by atoms with E-state index in [4.69, 9.17) is 5.73 Å². The largest absolute Gasteiger partial charge is 0.330 e. The third-order valence-electron chi connectivity index (χ3n) is 3.55. The van der Waals surface area contributed by atoms with Gasteiger partial charge in [0.25, 0.3) is 0 Å². The molecule has 0 saturated heterocycles. The van der Waals surface area contributed by atoms with Gasteiger partial charge in [-0.3, -0.25) is 15.2 Å². The van der Waals surface area contributed by atoms with Crippen LogP contribution in [0.5, 0.6) is 0 Å². The van der Waals surface area contributed by atoms with Crippen molar-refractivity contribution in [3.63, 3.8) is 0 Å². The maximum Gasteiger partial charge on any atom is 0.310 e. The minimum Gasteiger partial charge on any atom is -0.330 e. The van der Waals surface area contributed by atoms with Crippen LogP contribution < -0.4 is 5.73 Å². The Morgan fingerprint density at radius 3 is 2.75 bits per heavy atom. The molecule has 2 rings (SSSR count). The second kappa shape index (κ2) is 4.21. The van der Waals surface area contributed by atoms with Crippen molar-refractivity contribution in [3.05, 3.63) is 22.0 Å². The lowest BCUT2D eigenvalue weighted by atomic mass is 9.71. The molecule has 1 heterocycles. The fourth-order valence-electron chi connectivity index (χ4n) is 2.59. The number of hydrogen-bond donors (Lipinski definition) is 2. The molecule has 88 valence electrons. The molecule has 0 aliphatic heterocycles. The quantitative estimate of drug-likeness (QED) is 0.600. The Balaban J connectivity index is 2.39. The first-order valence-corrected chi connectivity index (χ1v) is 5.58. The Morgan fingerprint density at radius 2 is 2.19 bits per heavy atom. The van der Waals surface area contributed by atoms with Crippen molar-refractivity contribution in [2.45, 2.75) is 37.5 Å². The highest BCUT2D eigenvalue weighted by Crippen LogP contribution is 2.41. The van der Waals surface area contributed by atoms with Gasteiger partial charge in [0, 0.05) is 12.0 Å². The van der Waals surface area contributed by atoms with Crippen LogP contribution in [-0.4, -0.2) is 21.7 Å². The first kappa shape index (κ1) is 11.1. The van der Waals surface area contributed by atoms with Crippen molar-refractivity contribution in [2.24, 2.45) is 5.73 Å². The van der Waals surface area contributed by atoms with Gasteiger partial charge in [-0.25, -0.2) is 0 Å². The van der Waals surface area contributed by atoms with Crippen LogP contribution in [-0.2, 0) is 5.41 Å². The summed E-state index contributed by atoms with van der Waals surface area (Å²) in [6.45, 7) is 0.441. The van der Waals surface area contributed by atoms with Gasteiger partial charge in [-0.15, -0.1) is 0 Å². The van der Waals surface area contributed by atoms with Gasteiger partial charge in [0.05, 0.1) is 4.92 Å². The van der Waals surface area contributed by atoms with E-state index in [1.54, 1.807) is 0 Å². The zero-order chi connectivity index (χ0) is 11.6. The third kappa shape index (κ3) is 1.69. The lowest BCUT2D eigenvalue weighted by Gasteiger charge is -2.34. The number of nitro groups is 1. The molecule has 1 aromatic heterocycles. The predicted molar refractivity (Wildman–Crippen MR) is 59.1 cm³/mol. The monoisotopic (exact) mass is 224 g/mol. The van der Waals surface area contributed by atoms with Crippen LogP contribution in [0.2, 0.25) is 0 Å². The Hall–Kier alpha value is -1.43. The topological polar surface area (TPSA) is 97.8 Å². The summed E-state index contributed by atoms with van der Waals surface area (Å²) in [5, 5.41) is 17.5. The molecular formula is C10H16N4O2. The fourth-order valence-corrected chi connectivity index (χ4v) is 2.59. The summed E-state index contributed by atoms with van der Waals surface area (Å²) >= 11 is 0. The summed E-state index contributed by atoms with van der Waals surface area (Å²) in [6.07, 6.45) is 6.44. The second-order valence-corrected chi connectivity index (χ2v) is 4.43. The molecule has 16 heavy (non-hydrogen) atoms. The summed E-state index contributed by atoms with van der Waals surface area (Å²) < 4.78 is 0. The van der Waals surface area contributed by atoms with Crippen LogP contribution >= 0.6 is 0 Å². The van der Waals surface area contributed by atoms with E-state index in [1.807, 2.05) is 0 Å². The number of aromatic nitrogens is 2. The van der Waals surface area contributed by atoms with Gasteiger partial charge in [-0.2, -0.15) is 5.10 Å². The number of nitrogens with two attached hydrogens (primary N) is 1. The van der Waals surface area contributed by atoms with Gasteiger partial charge in [0.2, 0.25) is 0 Å². The van der Waals surface area contributed by atoms with Gasteiger partial charge in [-0.1, -0.05) is 19.3 Å². The van der Waals surface area contributed by atoms with E-state index in [0.717, 1.165) is 25.7 Å². The number of hydrogen-bond acceptors (Lipinski definition) is 4. The van der Waals surface area contributed by atoms with E-state index in [0.29, 0.717) is 12.2 Å². The summed E-state index contributed by atoms with van der Waals surface area (Å²) in [6, 6.07) is 0. The van der Waals surface area contributed by atoms with Crippen molar-refractivity contribution < 1.29 is 4.92 Å². The molecule has 0 radical (unpaired) electrons. The number of rotatable bonds is 3. The van der Waals surface area contributed by atoms with E-state index in [1.165, 1.54) is 12.6 Å². The maximum absolute atomic E-state index is 10.9. The van der Waals surface area contributed by atoms with E-state index in [-0.39, 0.29) is 16.0 Å². The van der Waals surface area contributed by atoms with Gasteiger partial charge >= 0.3 is 5.69 Å². The minimum atomic E-state index is -0.384. The normalized spacial score (nSPS) is 19.6. The van der Waals surface area contributed by atoms with Crippen LogP contribution in [0.3, 0.4) is 0 Å². The molecule has 0 aromatic carbocycles. The van der Waals surface area contributed by atoms with Gasteiger partial charge in [-0.05, 0) is 12.8 Å². The van der Waals surface area contributed by atoms with E-state index in [9.17, 15) is 10.1 Å². The summed E-state index contributed by atoms with van der Waals surface area (Å²) in [7, 11) is 0. The Labute approximate surface area is 93.4 Å². The molecular weight excluding hydrogens is 208 g/mol. The molecule has 1 aromatic rings. The number of nitrogens with one attached hydrogen (secondary N) is 1. The number of aromatic amines is 1. The number of nitrogens with zero attached hydrogens (tertiary/aromatic N) is 2. The Morgan fingerprint density at radius 1 is 1.50 bits per heavy atom. The lowest BCUT2D eigenvalue weighted by molar-refractivity contribution is -0.386. The van der Waals surface area contributed by atoms with Crippen LogP contribution in [0.15, 0.2) is 6.20 Å². The van der Waals surface area contributed by atoms with Crippen molar-refractivity contribution in [1.82, 2.24) is 10.2 Å². The summed E-state index contributed by atoms with van der Waals surface area (Å²) in [5.74, 6) is 0. The minimum absolute atomic E-state index is 0.0763. The van der Waals surface area contributed by atoms with E-state index >= 15 is 0 Å². The smallest absolute Gasteiger partial charge is 0.310 e. The first-order chi connectivity index (χ1) is 7.69. The van der Waals surface area contributed by atoms with Crippen molar-refractivity contribution in [3.8, 4) is 0 Å². The molecule has 6 nitrogen and oxygen atoms in total. The average Bonchev–Trinajstić information content (AvgIpc) is 2.79. The first-order valence-electron chi connectivity index (χ1n) is 5.58. The van der Waals surface area contributed by atoms with Crippen molar-refractivity contribution in [1.29, 1.82) is 0 Å². The molecule has 0 amide bonds. The van der Waals surface area contributed by atoms with Gasteiger partial charge < -0.3 is 5.73 Å². The van der Waals surface area contributed by atoms with Gasteiger partial charge in [0.15, 0.2) is 0 Å². The Bertz CT molecular complexity index is 382. The molecule has 1 saturated carbocycles. The van der Waals surface area contributed by atoms with Crippen LogP contribution in [0.1, 0.15) is 37.8 Å². The van der Waals surface area contributed by atoms with E-state index < -0.39 is 0 Å². The molecule has 1 aliphatic rings. The van der Waals surface area contributed by atoms with Gasteiger partial charge in [0.1, 0.15) is 11.9 Å².